The zero-order valence-electron chi connectivity index (χ0n) is 13.4. The molecule has 0 saturated carbocycles. The second-order valence-electron chi connectivity index (χ2n) is 6.23. The Labute approximate surface area is 135 Å². The lowest BCUT2D eigenvalue weighted by Crippen LogP contribution is -2.23. The van der Waals surface area contributed by atoms with Crippen LogP contribution in [-0.2, 0) is 11.8 Å². The summed E-state index contributed by atoms with van der Waals surface area (Å²) in [4.78, 5) is 12.7. The van der Waals surface area contributed by atoms with Gasteiger partial charge in [-0.05, 0) is 31.9 Å². The minimum Gasteiger partial charge on any atom is -0.372 e. The van der Waals surface area contributed by atoms with E-state index in [0.29, 0.717) is 6.42 Å². The van der Waals surface area contributed by atoms with Crippen LogP contribution in [0.4, 0.5) is 11.4 Å². The number of benzene rings is 1. The number of rotatable bonds is 1. The number of nitrogens with zero attached hydrogens (tertiary/aromatic N) is 2. The number of hydrogen-bond donors (Lipinski definition) is 2. The summed E-state index contributed by atoms with van der Waals surface area (Å²) in [6.45, 7) is 2.04. The summed E-state index contributed by atoms with van der Waals surface area (Å²) in [5.74, 6) is 0.229. The lowest BCUT2D eigenvalue weighted by Gasteiger charge is -2.25. The topological polar surface area (TPSA) is 58.9 Å². The average Bonchev–Trinajstić information content (AvgIpc) is 2.78. The second-order valence-corrected chi connectivity index (χ2v) is 6.23. The van der Waals surface area contributed by atoms with Crippen LogP contribution in [0.3, 0.4) is 0 Å². The first-order valence-corrected chi connectivity index (χ1v) is 8.02. The first kappa shape index (κ1) is 14.1. The van der Waals surface area contributed by atoms with Crippen LogP contribution < -0.4 is 10.6 Å². The van der Waals surface area contributed by atoms with Crippen molar-refractivity contribution in [3.63, 3.8) is 0 Å². The molecule has 2 N–H and O–H groups in total. The maximum Gasteiger partial charge on any atom is 0.163 e. The molecule has 1 atom stereocenters. The van der Waals surface area contributed by atoms with E-state index in [1.54, 1.807) is 0 Å². The maximum absolute atomic E-state index is 12.7. The van der Waals surface area contributed by atoms with Gasteiger partial charge in [0.15, 0.2) is 5.78 Å². The van der Waals surface area contributed by atoms with E-state index in [0.717, 1.165) is 46.7 Å². The quantitative estimate of drug-likeness (QED) is 0.848. The van der Waals surface area contributed by atoms with Crippen LogP contribution >= 0.6 is 0 Å². The van der Waals surface area contributed by atoms with E-state index < -0.39 is 0 Å². The van der Waals surface area contributed by atoms with E-state index in [9.17, 15) is 4.79 Å². The lowest BCUT2D eigenvalue weighted by atomic mass is 9.87. The normalized spacial score (nSPS) is 20.3. The SMILES string of the molecule is Cc1c([C@@H]2Nc3ccccc3NC3=C2C(=O)CCC3)cnn1C. The van der Waals surface area contributed by atoms with Crippen molar-refractivity contribution in [2.75, 3.05) is 10.6 Å². The second kappa shape index (κ2) is 5.26. The molecule has 0 bridgehead atoms. The van der Waals surface area contributed by atoms with Gasteiger partial charge in [-0.1, -0.05) is 12.1 Å². The fourth-order valence-corrected chi connectivity index (χ4v) is 3.47. The van der Waals surface area contributed by atoms with Crippen molar-refractivity contribution in [3.8, 4) is 0 Å². The number of fused-ring (bicyclic) bond motifs is 1. The Kier molecular flexibility index (Phi) is 3.22. The van der Waals surface area contributed by atoms with Gasteiger partial charge in [0, 0.05) is 36.0 Å². The minimum atomic E-state index is -0.150. The van der Waals surface area contributed by atoms with Gasteiger partial charge in [0.25, 0.3) is 0 Å². The summed E-state index contributed by atoms with van der Waals surface area (Å²) >= 11 is 0. The van der Waals surface area contributed by atoms with Gasteiger partial charge in [-0.2, -0.15) is 5.10 Å². The Morgan fingerprint density at radius 2 is 2.00 bits per heavy atom. The third-order valence-electron chi connectivity index (χ3n) is 4.84. The molecule has 4 rings (SSSR count). The number of para-hydroxylation sites is 2. The van der Waals surface area contributed by atoms with Crippen molar-refractivity contribution in [1.29, 1.82) is 0 Å². The molecule has 0 amide bonds. The van der Waals surface area contributed by atoms with Gasteiger partial charge >= 0.3 is 0 Å². The van der Waals surface area contributed by atoms with Crippen molar-refractivity contribution in [1.82, 2.24) is 9.78 Å². The first-order valence-electron chi connectivity index (χ1n) is 8.02. The molecule has 5 nitrogen and oxygen atoms in total. The third kappa shape index (κ3) is 2.23. The number of aryl methyl sites for hydroxylation is 1. The van der Waals surface area contributed by atoms with Gasteiger partial charge < -0.3 is 10.6 Å². The molecule has 0 saturated heterocycles. The highest BCUT2D eigenvalue weighted by Crippen LogP contribution is 2.40. The number of carbonyl (C=O) groups is 1. The standard InChI is InChI=1S/C18H20N4O/c1-11-12(10-19-22(11)2)18-17-15(8-5-9-16(17)23)20-13-6-3-4-7-14(13)21-18/h3-4,6-7,10,18,20-21H,5,8-9H2,1-2H3/t18-/m0/s1. The molecule has 2 aromatic rings. The maximum atomic E-state index is 12.7. The number of hydrogen-bond acceptors (Lipinski definition) is 4. The lowest BCUT2D eigenvalue weighted by molar-refractivity contribution is -0.116. The highest BCUT2D eigenvalue weighted by molar-refractivity contribution is 6.00. The average molecular weight is 308 g/mol. The Morgan fingerprint density at radius 1 is 1.22 bits per heavy atom. The molecule has 2 heterocycles. The fraction of sp³-hybridized carbons (Fsp3) is 0.333. The molecule has 5 heteroatoms. The van der Waals surface area contributed by atoms with Gasteiger partial charge in [-0.15, -0.1) is 0 Å². The molecule has 0 radical (unpaired) electrons. The van der Waals surface area contributed by atoms with Crippen LogP contribution in [0.1, 0.15) is 36.6 Å². The number of nitrogens with one attached hydrogen (secondary N) is 2. The van der Waals surface area contributed by atoms with Gasteiger partial charge in [-0.3, -0.25) is 9.48 Å². The van der Waals surface area contributed by atoms with Gasteiger partial charge in [0.1, 0.15) is 0 Å². The Hall–Kier alpha value is -2.56. The van der Waals surface area contributed by atoms with Gasteiger partial charge in [0.2, 0.25) is 0 Å². The van der Waals surface area contributed by atoms with E-state index in [-0.39, 0.29) is 11.8 Å². The molecule has 1 aromatic carbocycles. The van der Waals surface area contributed by atoms with E-state index in [2.05, 4.69) is 15.7 Å². The number of aromatic nitrogens is 2. The highest BCUT2D eigenvalue weighted by atomic mass is 16.1. The third-order valence-corrected chi connectivity index (χ3v) is 4.84. The predicted octanol–water partition coefficient (Wildman–Crippen LogP) is 3.31. The van der Waals surface area contributed by atoms with Crippen LogP contribution in [0, 0.1) is 6.92 Å². The molecule has 23 heavy (non-hydrogen) atoms. The van der Waals surface area contributed by atoms with Crippen LogP contribution in [0.15, 0.2) is 41.7 Å². The molecule has 1 aliphatic heterocycles. The van der Waals surface area contributed by atoms with E-state index in [1.807, 2.05) is 49.1 Å². The van der Waals surface area contributed by atoms with Crippen molar-refractivity contribution >= 4 is 17.2 Å². The van der Waals surface area contributed by atoms with E-state index >= 15 is 0 Å². The molecular weight excluding hydrogens is 288 g/mol. The zero-order valence-corrected chi connectivity index (χ0v) is 13.4. The Bertz CT molecular complexity index is 818. The minimum absolute atomic E-state index is 0.150. The highest BCUT2D eigenvalue weighted by Gasteiger charge is 2.33. The molecule has 118 valence electrons. The summed E-state index contributed by atoms with van der Waals surface area (Å²) in [6.07, 6.45) is 4.31. The monoisotopic (exact) mass is 308 g/mol. The summed E-state index contributed by atoms with van der Waals surface area (Å²) in [7, 11) is 1.93. The number of anilines is 2. The molecule has 1 aromatic heterocycles. The van der Waals surface area contributed by atoms with E-state index in [1.165, 1.54) is 0 Å². The predicted molar refractivity (Wildman–Crippen MR) is 90.3 cm³/mol. The molecule has 0 fully saturated rings. The number of ketones is 1. The van der Waals surface area contributed by atoms with Crippen LogP contribution in [-0.4, -0.2) is 15.6 Å². The fourth-order valence-electron chi connectivity index (χ4n) is 3.47. The van der Waals surface area contributed by atoms with Gasteiger partial charge in [-0.25, -0.2) is 0 Å². The van der Waals surface area contributed by atoms with Crippen LogP contribution in [0.2, 0.25) is 0 Å². The molecule has 1 aliphatic carbocycles. The Morgan fingerprint density at radius 3 is 2.74 bits per heavy atom. The number of Topliss-reactive ketones (excluding diaryl/α,β-unsaturated/α-hetero) is 1. The molecular formula is C18H20N4O. The summed E-state index contributed by atoms with van der Waals surface area (Å²) < 4.78 is 1.86. The van der Waals surface area contributed by atoms with Crippen molar-refractivity contribution in [2.24, 2.45) is 7.05 Å². The summed E-state index contributed by atoms with van der Waals surface area (Å²) in [5, 5.41) is 11.4. The zero-order chi connectivity index (χ0) is 16.0. The van der Waals surface area contributed by atoms with Crippen molar-refractivity contribution < 1.29 is 4.79 Å². The molecule has 0 spiro atoms. The van der Waals surface area contributed by atoms with E-state index in [4.69, 9.17) is 0 Å². The number of allylic oxidation sites excluding steroid dienone is 1. The summed E-state index contributed by atoms with van der Waals surface area (Å²) in [6, 6.07) is 7.96. The first-order chi connectivity index (χ1) is 11.1. The van der Waals surface area contributed by atoms with Crippen molar-refractivity contribution in [3.05, 3.63) is 53.0 Å². The van der Waals surface area contributed by atoms with Crippen LogP contribution in [0.25, 0.3) is 0 Å². The van der Waals surface area contributed by atoms with Crippen LogP contribution in [0.5, 0.6) is 0 Å². The van der Waals surface area contributed by atoms with Crippen molar-refractivity contribution in [2.45, 2.75) is 32.2 Å². The smallest absolute Gasteiger partial charge is 0.163 e. The summed E-state index contributed by atoms with van der Waals surface area (Å²) in [5.41, 5.74) is 6.10. The largest absolute Gasteiger partial charge is 0.372 e. The molecule has 2 aliphatic rings. The molecule has 0 unspecified atom stereocenters. The Balaban J connectivity index is 1.90. The van der Waals surface area contributed by atoms with Gasteiger partial charge in [0.05, 0.1) is 23.6 Å². The number of carbonyl (C=O) groups excluding carboxylic acids is 1.